The highest BCUT2D eigenvalue weighted by Crippen LogP contribution is 2.14. The van der Waals surface area contributed by atoms with E-state index < -0.39 is 6.04 Å². The first-order valence-corrected chi connectivity index (χ1v) is 8.36. The summed E-state index contributed by atoms with van der Waals surface area (Å²) < 4.78 is 5.34. The van der Waals surface area contributed by atoms with Gasteiger partial charge in [0, 0.05) is 32.1 Å². The predicted molar refractivity (Wildman–Crippen MR) is 87.3 cm³/mol. The summed E-state index contributed by atoms with van der Waals surface area (Å²) in [6.07, 6.45) is 2.87. The predicted octanol–water partition coefficient (Wildman–Crippen LogP) is -0.0597. The van der Waals surface area contributed by atoms with Gasteiger partial charge in [-0.3, -0.25) is 9.59 Å². The highest BCUT2D eigenvalue weighted by atomic mass is 16.5. The van der Waals surface area contributed by atoms with Gasteiger partial charge in [-0.25, -0.2) is 9.97 Å². The first-order chi connectivity index (χ1) is 11.6. The molecule has 0 aromatic carbocycles. The maximum atomic E-state index is 12.3. The third kappa shape index (κ3) is 3.81. The van der Waals surface area contributed by atoms with Crippen molar-refractivity contribution in [3.63, 3.8) is 0 Å². The Balaban J connectivity index is 1.56. The van der Waals surface area contributed by atoms with E-state index in [0.29, 0.717) is 32.7 Å². The Kier molecular flexibility index (Phi) is 5.24. The van der Waals surface area contributed by atoms with Gasteiger partial charge in [0.15, 0.2) is 0 Å². The molecular formula is C16H23N5O3. The fourth-order valence-corrected chi connectivity index (χ4v) is 2.99. The highest BCUT2D eigenvalue weighted by Gasteiger charge is 2.29. The molecule has 0 unspecified atom stereocenters. The van der Waals surface area contributed by atoms with Crippen LogP contribution in [0.4, 0.5) is 5.82 Å². The van der Waals surface area contributed by atoms with Gasteiger partial charge in [0.25, 0.3) is 0 Å². The summed E-state index contributed by atoms with van der Waals surface area (Å²) in [7, 11) is 0. The summed E-state index contributed by atoms with van der Waals surface area (Å²) in [6, 6.07) is 1.44. The van der Waals surface area contributed by atoms with E-state index in [-0.39, 0.29) is 11.8 Å². The Labute approximate surface area is 141 Å². The molecule has 130 valence electrons. The second-order valence-electron chi connectivity index (χ2n) is 6.05. The number of rotatable bonds is 5. The van der Waals surface area contributed by atoms with Crippen LogP contribution in [-0.4, -0.2) is 65.6 Å². The highest BCUT2D eigenvalue weighted by molar-refractivity contribution is 5.88. The van der Waals surface area contributed by atoms with Crippen molar-refractivity contribution >= 4 is 17.6 Å². The summed E-state index contributed by atoms with van der Waals surface area (Å²) in [4.78, 5) is 36.3. The topological polar surface area (TPSA) is 87.7 Å². The first-order valence-electron chi connectivity index (χ1n) is 8.36. The van der Waals surface area contributed by atoms with Gasteiger partial charge < -0.3 is 19.9 Å². The van der Waals surface area contributed by atoms with Gasteiger partial charge in [0.05, 0.1) is 25.5 Å². The average molecular weight is 333 g/mol. The van der Waals surface area contributed by atoms with Crippen LogP contribution in [0.2, 0.25) is 0 Å². The Morgan fingerprint density at radius 1 is 1.33 bits per heavy atom. The second kappa shape index (κ2) is 7.57. The number of amides is 2. The number of carbonyl (C=O) groups is 2. The molecule has 3 rings (SSSR count). The summed E-state index contributed by atoms with van der Waals surface area (Å²) in [5.41, 5.74) is 0.750. The van der Waals surface area contributed by atoms with E-state index in [4.69, 9.17) is 4.74 Å². The van der Waals surface area contributed by atoms with E-state index >= 15 is 0 Å². The molecule has 2 aliphatic heterocycles. The van der Waals surface area contributed by atoms with E-state index in [1.807, 2.05) is 6.07 Å². The number of aromatic nitrogens is 2. The molecule has 1 N–H and O–H groups in total. The van der Waals surface area contributed by atoms with Crippen molar-refractivity contribution in [3.8, 4) is 0 Å². The molecule has 2 saturated heterocycles. The molecule has 0 radical (unpaired) electrons. The van der Waals surface area contributed by atoms with E-state index in [0.717, 1.165) is 31.0 Å². The quantitative estimate of drug-likeness (QED) is 0.812. The van der Waals surface area contributed by atoms with E-state index in [1.165, 1.54) is 6.33 Å². The van der Waals surface area contributed by atoms with Crippen LogP contribution in [0.15, 0.2) is 12.4 Å². The van der Waals surface area contributed by atoms with E-state index in [2.05, 4.69) is 20.2 Å². The van der Waals surface area contributed by atoms with Crippen LogP contribution in [0.1, 0.15) is 25.5 Å². The summed E-state index contributed by atoms with van der Waals surface area (Å²) in [6.45, 7) is 5.73. The fourth-order valence-electron chi connectivity index (χ4n) is 2.99. The van der Waals surface area contributed by atoms with Crippen LogP contribution in [0, 0.1) is 0 Å². The fraction of sp³-hybridized carbons (Fsp3) is 0.625. The van der Waals surface area contributed by atoms with Gasteiger partial charge in [0.1, 0.15) is 18.2 Å². The lowest BCUT2D eigenvalue weighted by Crippen LogP contribution is -2.45. The molecule has 1 aromatic heterocycles. The lowest BCUT2D eigenvalue weighted by Gasteiger charge is -2.27. The molecule has 1 aromatic rings. The maximum absolute atomic E-state index is 12.3. The van der Waals surface area contributed by atoms with Crippen molar-refractivity contribution in [2.45, 2.75) is 32.4 Å². The van der Waals surface area contributed by atoms with Crippen LogP contribution in [0.3, 0.4) is 0 Å². The van der Waals surface area contributed by atoms with Crippen molar-refractivity contribution in [1.29, 1.82) is 0 Å². The van der Waals surface area contributed by atoms with Gasteiger partial charge in [-0.15, -0.1) is 0 Å². The number of hydrogen-bond donors (Lipinski definition) is 1. The lowest BCUT2D eigenvalue weighted by molar-refractivity contribution is -0.136. The minimum atomic E-state index is -0.444. The van der Waals surface area contributed by atoms with E-state index in [9.17, 15) is 9.59 Å². The van der Waals surface area contributed by atoms with Crippen LogP contribution in [0.5, 0.6) is 0 Å². The number of likely N-dealkylation sites (tertiary alicyclic amines) is 1. The van der Waals surface area contributed by atoms with Crippen LogP contribution in [0.25, 0.3) is 0 Å². The monoisotopic (exact) mass is 333 g/mol. The Morgan fingerprint density at radius 2 is 2.12 bits per heavy atom. The van der Waals surface area contributed by atoms with Crippen molar-refractivity contribution in [2.24, 2.45) is 0 Å². The number of carbonyl (C=O) groups excluding carboxylic acids is 2. The summed E-state index contributed by atoms with van der Waals surface area (Å²) in [5.74, 6) is 0.742. The molecule has 24 heavy (non-hydrogen) atoms. The molecule has 2 amide bonds. The number of hydrogen-bond acceptors (Lipinski definition) is 6. The zero-order valence-corrected chi connectivity index (χ0v) is 13.9. The van der Waals surface area contributed by atoms with Crippen LogP contribution < -0.4 is 10.2 Å². The van der Waals surface area contributed by atoms with Gasteiger partial charge >= 0.3 is 0 Å². The second-order valence-corrected chi connectivity index (χ2v) is 6.05. The normalized spacial score (nSPS) is 19.5. The first kappa shape index (κ1) is 16.6. The largest absolute Gasteiger partial charge is 0.378 e. The Bertz CT molecular complexity index is 603. The molecular weight excluding hydrogens is 310 g/mol. The van der Waals surface area contributed by atoms with Crippen molar-refractivity contribution in [3.05, 3.63) is 18.1 Å². The standard InChI is InChI=1S/C16H23N5O3/c1-12(21-4-2-3-15(21)22)16(23)17-10-13-9-14(19-11-18-13)20-5-7-24-8-6-20/h9,11-12H,2-8,10H2,1H3,(H,17,23)/t12-/m0/s1. The summed E-state index contributed by atoms with van der Waals surface area (Å²) in [5, 5.41) is 2.86. The molecule has 3 heterocycles. The minimum Gasteiger partial charge on any atom is -0.378 e. The molecule has 0 bridgehead atoms. The smallest absolute Gasteiger partial charge is 0.242 e. The SMILES string of the molecule is C[C@@H](C(=O)NCc1cc(N2CCOCC2)ncn1)N1CCCC1=O. The molecule has 0 saturated carbocycles. The Hall–Kier alpha value is -2.22. The molecule has 2 aliphatic rings. The minimum absolute atomic E-state index is 0.0503. The van der Waals surface area contributed by atoms with E-state index in [1.54, 1.807) is 11.8 Å². The zero-order chi connectivity index (χ0) is 16.9. The Morgan fingerprint density at radius 3 is 2.83 bits per heavy atom. The van der Waals surface area contributed by atoms with Gasteiger partial charge in [-0.05, 0) is 13.3 Å². The van der Waals surface area contributed by atoms with Crippen LogP contribution in [-0.2, 0) is 20.9 Å². The summed E-state index contributed by atoms with van der Waals surface area (Å²) >= 11 is 0. The zero-order valence-electron chi connectivity index (χ0n) is 13.9. The number of anilines is 1. The molecule has 2 fully saturated rings. The van der Waals surface area contributed by atoms with Crippen molar-refractivity contribution in [1.82, 2.24) is 20.2 Å². The number of nitrogens with one attached hydrogen (secondary N) is 1. The number of ether oxygens (including phenoxy) is 1. The van der Waals surface area contributed by atoms with Gasteiger partial charge in [-0.1, -0.05) is 0 Å². The molecule has 0 aliphatic carbocycles. The molecule has 1 atom stereocenters. The van der Waals surface area contributed by atoms with Gasteiger partial charge in [-0.2, -0.15) is 0 Å². The third-order valence-electron chi connectivity index (χ3n) is 4.45. The van der Waals surface area contributed by atoms with Gasteiger partial charge in [0.2, 0.25) is 11.8 Å². The van der Waals surface area contributed by atoms with Crippen molar-refractivity contribution in [2.75, 3.05) is 37.7 Å². The van der Waals surface area contributed by atoms with Crippen molar-refractivity contribution < 1.29 is 14.3 Å². The number of nitrogens with zero attached hydrogens (tertiary/aromatic N) is 4. The lowest BCUT2D eigenvalue weighted by atomic mass is 10.2. The van der Waals surface area contributed by atoms with Crippen LogP contribution >= 0.6 is 0 Å². The number of morpholine rings is 1. The molecule has 8 heteroatoms. The maximum Gasteiger partial charge on any atom is 0.242 e. The molecule has 8 nitrogen and oxygen atoms in total. The molecule has 0 spiro atoms. The third-order valence-corrected chi connectivity index (χ3v) is 4.45. The average Bonchev–Trinajstić information content (AvgIpc) is 3.06.